The zero-order valence-electron chi connectivity index (χ0n) is 14.5. The van der Waals surface area contributed by atoms with Crippen molar-refractivity contribution in [3.8, 4) is 0 Å². The van der Waals surface area contributed by atoms with Gasteiger partial charge in [0.15, 0.2) is 0 Å². The highest BCUT2D eigenvalue weighted by atomic mass is 32.1. The molecule has 0 aromatic carbocycles. The first-order chi connectivity index (χ1) is 9.96. The molecule has 120 valence electrons. The molecule has 1 aromatic heterocycles. The normalized spacial score (nSPS) is 27.0. The van der Waals surface area contributed by atoms with Crippen molar-refractivity contribution in [2.75, 3.05) is 6.54 Å². The van der Waals surface area contributed by atoms with Crippen LogP contribution in [0.5, 0.6) is 0 Å². The van der Waals surface area contributed by atoms with E-state index in [0.717, 1.165) is 18.4 Å². The largest absolute Gasteiger partial charge is 0.314 e. The molecule has 1 heterocycles. The summed E-state index contributed by atoms with van der Waals surface area (Å²) < 4.78 is 0. The molecular formula is C19H33NS. The highest BCUT2D eigenvalue weighted by molar-refractivity contribution is 7.11. The van der Waals surface area contributed by atoms with Gasteiger partial charge >= 0.3 is 0 Å². The number of nitrogens with one attached hydrogen (secondary N) is 1. The molecule has 21 heavy (non-hydrogen) atoms. The quantitative estimate of drug-likeness (QED) is 0.752. The van der Waals surface area contributed by atoms with E-state index in [1.54, 1.807) is 4.88 Å². The summed E-state index contributed by atoms with van der Waals surface area (Å²) in [5.41, 5.74) is 0.392. The molecule has 1 aliphatic carbocycles. The molecule has 1 fully saturated rings. The van der Waals surface area contributed by atoms with Crippen molar-refractivity contribution in [3.63, 3.8) is 0 Å². The van der Waals surface area contributed by atoms with Gasteiger partial charge in [-0.25, -0.2) is 0 Å². The molecule has 2 heteroatoms. The Labute approximate surface area is 135 Å². The van der Waals surface area contributed by atoms with Crippen LogP contribution in [0, 0.1) is 17.3 Å². The maximum Gasteiger partial charge on any atom is 0.0103 e. The third-order valence-electron chi connectivity index (χ3n) is 5.28. The van der Waals surface area contributed by atoms with Crippen LogP contribution in [-0.4, -0.2) is 12.6 Å². The fraction of sp³-hybridized carbons (Fsp3) is 0.789. The van der Waals surface area contributed by atoms with E-state index < -0.39 is 0 Å². The first-order valence-corrected chi connectivity index (χ1v) is 9.58. The molecule has 0 bridgehead atoms. The maximum atomic E-state index is 3.78. The molecule has 0 radical (unpaired) electrons. The molecule has 3 unspecified atom stereocenters. The van der Waals surface area contributed by atoms with E-state index in [1.807, 2.05) is 11.3 Å². The van der Waals surface area contributed by atoms with E-state index in [0.29, 0.717) is 11.5 Å². The van der Waals surface area contributed by atoms with Crippen molar-refractivity contribution in [3.05, 3.63) is 21.9 Å². The minimum atomic E-state index is 0.392. The van der Waals surface area contributed by atoms with Crippen LogP contribution in [-0.2, 0) is 12.8 Å². The van der Waals surface area contributed by atoms with Gasteiger partial charge in [-0.1, -0.05) is 41.0 Å². The summed E-state index contributed by atoms with van der Waals surface area (Å²) in [5.74, 6) is 1.69. The Morgan fingerprint density at radius 2 is 1.90 bits per heavy atom. The lowest BCUT2D eigenvalue weighted by molar-refractivity contribution is 0.0956. The smallest absolute Gasteiger partial charge is 0.0103 e. The van der Waals surface area contributed by atoms with Crippen molar-refractivity contribution < 1.29 is 0 Å². The summed E-state index contributed by atoms with van der Waals surface area (Å²) in [6, 6.07) is 5.39. The van der Waals surface area contributed by atoms with Gasteiger partial charge in [0.2, 0.25) is 0 Å². The first kappa shape index (κ1) is 17.0. The summed E-state index contributed by atoms with van der Waals surface area (Å²) in [5, 5.41) is 3.78. The Bertz CT molecular complexity index is 435. The van der Waals surface area contributed by atoms with E-state index in [9.17, 15) is 0 Å². The average Bonchev–Trinajstić information content (AvgIpc) is 2.86. The van der Waals surface area contributed by atoms with Gasteiger partial charge in [0, 0.05) is 15.8 Å². The van der Waals surface area contributed by atoms with Crippen LogP contribution in [0.3, 0.4) is 0 Å². The number of hydrogen-bond acceptors (Lipinski definition) is 2. The van der Waals surface area contributed by atoms with Gasteiger partial charge in [-0.2, -0.15) is 0 Å². The van der Waals surface area contributed by atoms with Gasteiger partial charge in [0.1, 0.15) is 0 Å². The molecule has 1 nitrogen and oxygen atoms in total. The van der Waals surface area contributed by atoms with E-state index >= 15 is 0 Å². The summed E-state index contributed by atoms with van der Waals surface area (Å²) >= 11 is 2.02. The summed E-state index contributed by atoms with van der Waals surface area (Å²) in [6.45, 7) is 13.0. The van der Waals surface area contributed by atoms with Gasteiger partial charge in [-0.3, -0.25) is 0 Å². The van der Waals surface area contributed by atoms with Gasteiger partial charge in [-0.15, -0.1) is 11.3 Å². The van der Waals surface area contributed by atoms with Crippen molar-refractivity contribution >= 4 is 11.3 Å². The van der Waals surface area contributed by atoms with Crippen LogP contribution >= 0.6 is 11.3 Å². The van der Waals surface area contributed by atoms with Crippen LogP contribution in [0.4, 0.5) is 0 Å². The average molecular weight is 308 g/mol. The van der Waals surface area contributed by atoms with E-state index in [-0.39, 0.29) is 0 Å². The summed E-state index contributed by atoms with van der Waals surface area (Å²) in [7, 11) is 0. The monoisotopic (exact) mass is 307 g/mol. The third kappa shape index (κ3) is 4.32. The minimum Gasteiger partial charge on any atom is -0.314 e. The predicted molar refractivity (Wildman–Crippen MR) is 95.2 cm³/mol. The fourth-order valence-electron chi connectivity index (χ4n) is 4.09. The van der Waals surface area contributed by atoms with Gasteiger partial charge in [-0.05, 0) is 61.6 Å². The van der Waals surface area contributed by atoms with E-state index in [4.69, 9.17) is 0 Å². The number of thiophene rings is 1. The lowest BCUT2D eigenvalue weighted by atomic mass is 9.65. The van der Waals surface area contributed by atoms with Crippen molar-refractivity contribution in [2.24, 2.45) is 17.3 Å². The molecular weight excluding hydrogens is 274 g/mol. The van der Waals surface area contributed by atoms with Gasteiger partial charge in [0.05, 0.1) is 0 Å². The second-order valence-corrected chi connectivity index (χ2v) is 8.83. The Morgan fingerprint density at radius 1 is 1.19 bits per heavy atom. The van der Waals surface area contributed by atoms with Gasteiger partial charge < -0.3 is 5.32 Å². The molecule has 0 saturated heterocycles. The van der Waals surface area contributed by atoms with Crippen molar-refractivity contribution in [1.82, 2.24) is 5.32 Å². The van der Waals surface area contributed by atoms with Crippen molar-refractivity contribution in [1.29, 1.82) is 0 Å². The Balaban J connectivity index is 2.08. The highest BCUT2D eigenvalue weighted by Gasteiger charge is 2.38. The standard InChI is InChI=1S/C19H33NS/c1-6-15-9-10-16(21-15)13-19(4,5)17-11-8-14(3)12-18(17)20-7-2/h9-10,14,17-18,20H,6-8,11-13H2,1-5H3. The SMILES string of the molecule is CCNC1CC(C)CCC1C(C)(C)Cc1ccc(CC)s1. The van der Waals surface area contributed by atoms with E-state index in [1.165, 1.54) is 37.0 Å². The molecule has 0 spiro atoms. The number of rotatable bonds is 6. The second kappa shape index (κ2) is 7.28. The maximum absolute atomic E-state index is 3.78. The Morgan fingerprint density at radius 3 is 2.52 bits per heavy atom. The molecule has 3 atom stereocenters. The third-order valence-corrected chi connectivity index (χ3v) is 6.51. The topological polar surface area (TPSA) is 12.0 Å². The molecule has 1 aromatic rings. The molecule has 1 N–H and O–H groups in total. The van der Waals surface area contributed by atoms with Crippen LogP contribution < -0.4 is 5.32 Å². The van der Waals surface area contributed by atoms with Crippen LogP contribution in [0.25, 0.3) is 0 Å². The van der Waals surface area contributed by atoms with Crippen LogP contribution in [0.15, 0.2) is 12.1 Å². The van der Waals surface area contributed by atoms with Gasteiger partial charge in [0.25, 0.3) is 0 Å². The number of hydrogen-bond donors (Lipinski definition) is 1. The van der Waals surface area contributed by atoms with Crippen LogP contribution in [0.2, 0.25) is 0 Å². The zero-order chi connectivity index (χ0) is 15.5. The van der Waals surface area contributed by atoms with Crippen LogP contribution in [0.1, 0.15) is 63.6 Å². The van der Waals surface area contributed by atoms with Crippen molar-refractivity contribution in [2.45, 2.75) is 72.8 Å². The fourth-order valence-corrected chi connectivity index (χ4v) is 5.29. The highest BCUT2D eigenvalue weighted by Crippen LogP contribution is 2.43. The Kier molecular flexibility index (Phi) is 5.90. The second-order valence-electron chi connectivity index (χ2n) is 7.58. The Hall–Kier alpha value is -0.340. The number of aryl methyl sites for hydroxylation is 1. The summed E-state index contributed by atoms with van der Waals surface area (Å²) in [4.78, 5) is 3.10. The molecule has 0 aliphatic heterocycles. The summed E-state index contributed by atoms with van der Waals surface area (Å²) in [6.07, 6.45) is 6.55. The predicted octanol–water partition coefficient (Wildman–Crippen LogP) is 5.29. The molecule has 0 amide bonds. The molecule has 1 aliphatic rings. The lowest BCUT2D eigenvalue weighted by Crippen LogP contribution is -2.47. The zero-order valence-corrected chi connectivity index (χ0v) is 15.4. The molecule has 1 saturated carbocycles. The molecule has 2 rings (SSSR count). The minimum absolute atomic E-state index is 0.392. The lowest BCUT2D eigenvalue weighted by Gasteiger charge is -2.44. The van der Waals surface area contributed by atoms with E-state index in [2.05, 4.69) is 52.1 Å². The first-order valence-electron chi connectivity index (χ1n) is 8.77.